The first-order chi connectivity index (χ1) is 10.5. The number of rotatable bonds is 3. The van der Waals surface area contributed by atoms with E-state index in [1.807, 2.05) is 0 Å². The van der Waals surface area contributed by atoms with Gasteiger partial charge in [0.1, 0.15) is 11.0 Å². The zero-order valence-corrected chi connectivity index (χ0v) is 11.5. The molecule has 0 aliphatic heterocycles. The first kappa shape index (κ1) is 14.3. The molecule has 3 aromatic rings. The monoisotopic (exact) mass is 308 g/mol. The fourth-order valence-electron chi connectivity index (χ4n) is 2.10. The number of fused-ring (bicyclic) bond motifs is 1. The van der Waals surface area contributed by atoms with Gasteiger partial charge in [0, 0.05) is 5.56 Å². The van der Waals surface area contributed by atoms with Gasteiger partial charge >= 0.3 is 6.18 Å². The predicted octanol–water partition coefficient (Wildman–Crippen LogP) is 3.44. The van der Waals surface area contributed by atoms with Gasteiger partial charge in [-0.2, -0.15) is 23.3 Å². The van der Waals surface area contributed by atoms with Crippen LogP contribution in [0, 0.1) is 0 Å². The van der Waals surface area contributed by atoms with E-state index >= 15 is 0 Å². The van der Waals surface area contributed by atoms with Crippen molar-refractivity contribution < 1.29 is 17.9 Å². The van der Waals surface area contributed by atoms with Gasteiger partial charge in [0.15, 0.2) is 5.82 Å². The van der Waals surface area contributed by atoms with E-state index in [0.717, 1.165) is 6.07 Å². The summed E-state index contributed by atoms with van der Waals surface area (Å²) in [6.07, 6.45) is -3.07. The molecule has 2 heterocycles. The van der Waals surface area contributed by atoms with E-state index < -0.39 is 11.7 Å². The molecular weight excluding hydrogens is 297 g/mol. The Morgan fingerprint density at radius 3 is 2.68 bits per heavy atom. The van der Waals surface area contributed by atoms with Gasteiger partial charge in [-0.15, -0.1) is 0 Å². The van der Waals surface area contributed by atoms with E-state index in [1.54, 1.807) is 6.92 Å². The van der Waals surface area contributed by atoms with Crippen LogP contribution in [0.2, 0.25) is 0 Å². The molecule has 5 nitrogen and oxygen atoms in total. The Balaban J connectivity index is 2.23. The summed E-state index contributed by atoms with van der Waals surface area (Å²) in [5.41, 5.74) is -0.0418. The number of aromatic amines is 1. The molecule has 0 fully saturated rings. The number of hydrogen-bond acceptors (Lipinski definition) is 4. The van der Waals surface area contributed by atoms with Crippen molar-refractivity contribution in [1.29, 1.82) is 0 Å². The molecule has 0 atom stereocenters. The van der Waals surface area contributed by atoms with Gasteiger partial charge in [0.05, 0.1) is 18.4 Å². The lowest BCUT2D eigenvalue weighted by atomic mass is 10.1. The fourth-order valence-corrected chi connectivity index (χ4v) is 2.10. The van der Waals surface area contributed by atoms with Gasteiger partial charge in [-0.1, -0.05) is 18.2 Å². The van der Waals surface area contributed by atoms with E-state index in [9.17, 15) is 13.2 Å². The highest BCUT2D eigenvalue weighted by molar-refractivity contribution is 5.81. The summed E-state index contributed by atoms with van der Waals surface area (Å²) in [6, 6.07) is 5.17. The topological polar surface area (TPSA) is 63.7 Å². The number of halogens is 3. The van der Waals surface area contributed by atoms with Gasteiger partial charge in [-0.25, -0.2) is 4.98 Å². The SMILES string of the molecule is CCOc1nc(-c2ccccc2C(F)(F)F)nc2cn[nH]c12. The highest BCUT2D eigenvalue weighted by Crippen LogP contribution is 2.36. The molecule has 0 saturated carbocycles. The molecule has 1 N–H and O–H groups in total. The molecule has 22 heavy (non-hydrogen) atoms. The minimum absolute atomic E-state index is 0.0507. The van der Waals surface area contributed by atoms with E-state index in [-0.39, 0.29) is 17.3 Å². The molecule has 0 unspecified atom stereocenters. The molecule has 0 bridgehead atoms. The molecule has 0 aliphatic rings. The first-order valence-electron chi connectivity index (χ1n) is 6.51. The lowest BCUT2D eigenvalue weighted by molar-refractivity contribution is -0.137. The average molecular weight is 308 g/mol. The van der Waals surface area contributed by atoms with Crippen molar-refractivity contribution in [3.05, 3.63) is 36.0 Å². The molecule has 3 rings (SSSR count). The van der Waals surface area contributed by atoms with Crippen molar-refractivity contribution in [3.8, 4) is 17.3 Å². The lowest BCUT2D eigenvalue weighted by Crippen LogP contribution is -2.08. The summed E-state index contributed by atoms with van der Waals surface area (Å²) in [6.45, 7) is 2.08. The number of hydrogen-bond donors (Lipinski definition) is 1. The number of benzene rings is 1. The van der Waals surface area contributed by atoms with Crippen LogP contribution < -0.4 is 4.74 Å². The van der Waals surface area contributed by atoms with Crippen molar-refractivity contribution in [3.63, 3.8) is 0 Å². The minimum atomic E-state index is -4.49. The Bertz CT molecular complexity index is 813. The van der Waals surface area contributed by atoms with Crippen LogP contribution in [-0.4, -0.2) is 26.8 Å². The summed E-state index contributed by atoms with van der Waals surface area (Å²) in [5.74, 6) is 0.127. The Labute approximate surface area is 123 Å². The van der Waals surface area contributed by atoms with Crippen molar-refractivity contribution in [1.82, 2.24) is 20.2 Å². The van der Waals surface area contributed by atoms with E-state index in [2.05, 4.69) is 20.2 Å². The Hall–Kier alpha value is -2.64. The smallest absolute Gasteiger partial charge is 0.417 e. The van der Waals surface area contributed by atoms with Crippen molar-refractivity contribution >= 4 is 11.0 Å². The van der Waals surface area contributed by atoms with Gasteiger partial charge < -0.3 is 4.74 Å². The summed E-state index contributed by atoms with van der Waals surface area (Å²) in [5, 5.41) is 6.49. The zero-order valence-electron chi connectivity index (χ0n) is 11.5. The van der Waals surface area contributed by atoms with E-state index in [4.69, 9.17) is 4.74 Å². The first-order valence-corrected chi connectivity index (χ1v) is 6.51. The number of nitrogens with zero attached hydrogens (tertiary/aromatic N) is 3. The highest BCUT2D eigenvalue weighted by atomic mass is 19.4. The molecule has 114 valence electrons. The molecule has 0 saturated heterocycles. The van der Waals surface area contributed by atoms with Crippen LogP contribution >= 0.6 is 0 Å². The van der Waals surface area contributed by atoms with Gasteiger partial charge in [0.2, 0.25) is 5.88 Å². The number of aromatic nitrogens is 4. The summed E-state index contributed by atoms with van der Waals surface area (Å²) in [7, 11) is 0. The molecule has 2 aromatic heterocycles. The van der Waals surface area contributed by atoms with Gasteiger partial charge in [-0.3, -0.25) is 5.10 Å². The second-order valence-electron chi connectivity index (χ2n) is 4.46. The highest BCUT2D eigenvalue weighted by Gasteiger charge is 2.34. The maximum atomic E-state index is 13.1. The molecule has 8 heteroatoms. The van der Waals surface area contributed by atoms with Crippen LogP contribution in [0.1, 0.15) is 12.5 Å². The van der Waals surface area contributed by atoms with Crippen LogP contribution in [0.15, 0.2) is 30.5 Å². The van der Waals surface area contributed by atoms with Crippen LogP contribution in [0.3, 0.4) is 0 Å². The molecule has 0 amide bonds. The molecule has 0 aliphatic carbocycles. The molecule has 0 spiro atoms. The third kappa shape index (κ3) is 2.47. The Kier molecular flexibility index (Phi) is 3.44. The van der Waals surface area contributed by atoms with Crippen molar-refractivity contribution in [2.45, 2.75) is 13.1 Å². The Morgan fingerprint density at radius 2 is 1.95 bits per heavy atom. The molecular formula is C14H11F3N4O. The van der Waals surface area contributed by atoms with E-state index in [1.165, 1.54) is 24.4 Å². The number of nitrogens with one attached hydrogen (secondary N) is 1. The lowest BCUT2D eigenvalue weighted by Gasteiger charge is -2.12. The predicted molar refractivity (Wildman–Crippen MR) is 73.3 cm³/mol. The maximum absolute atomic E-state index is 13.1. The summed E-state index contributed by atoms with van der Waals surface area (Å²) in [4.78, 5) is 8.24. The standard InChI is InChI=1S/C14H11F3N4O/c1-2-22-13-11-10(7-18-21-11)19-12(20-13)8-5-3-4-6-9(8)14(15,16)17/h3-7H,2H2,1H3,(H,18,21). The van der Waals surface area contributed by atoms with Crippen LogP contribution in [0.5, 0.6) is 5.88 Å². The van der Waals surface area contributed by atoms with Crippen LogP contribution in [0.25, 0.3) is 22.4 Å². The summed E-state index contributed by atoms with van der Waals surface area (Å²) >= 11 is 0. The normalized spacial score (nSPS) is 11.8. The van der Waals surface area contributed by atoms with Gasteiger partial charge in [0.25, 0.3) is 0 Å². The van der Waals surface area contributed by atoms with Crippen LogP contribution in [0.4, 0.5) is 13.2 Å². The number of ether oxygens (including phenoxy) is 1. The fraction of sp³-hybridized carbons (Fsp3) is 0.214. The Morgan fingerprint density at radius 1 is 1.18 bits per heavy atom. The molecule has 0 radical (unpaired) electrons. The second kappa shape index (κ2) is 5.28. The van der Waals surface area contributed by atoms with E-state index in [0.29, 0.717) is 17.6 Å². The molecule has 1 aromatic carbocycles. The van der Waals surface area contributed by atoms with Crippen molar-refractivity contribution in [2.24, 2.45) is 0 Å². The third-order valence-electron chi connectivity index (χ3n) is 3.02. The quantitative estimate of drug-likeness (QED) is 0.805. The number of H-pyrrole nitrogens is 1. The largest absolute Gasteiger partial charge is 0.476 e. The second-order valence-corrected chi connectivity index (χ2v) is 4.46. The summed E-state index contributed by atoms with van der Waals surface area (Å²) < 4.78 is 44.8. The van der Waals surface area contributed by atoms with Crippen LogP contribution in [-0.2, 0) is 6.18 Å². The van der Waals surface area contributed by atoms with Gasteiger partial charge in [-0.05, 0) is 13.0 Å². The minimum Gasteiger partial charge on any atom is -0.476 e. The number of alkyl halides is 3. The maximum Gasteiger partial charge on any atom is 0.417 e. The van der Waals surface area contributed by atoms with Crippen molar-refractivity contribution in [2.75, 3.05) is 6.61 Å². The average Bonchev–Trinajstić information content (AvgIpc) is 2.95. The third-order valence-corrected chi connectivity index (χ3v) is 3.02. The zero-order chi connectivity index (χ0) is 15.7.